The van der Waals surface area contributed by atoms with Crippen molar-refractivity contribution < 1.29 is 24.8 Å². The lowest BCUT2D eigenvalue weighted by Gasteiger charge is -2.70. The van der Waals surface area contributed by atoms with Crippen LogP contribution in [-0.2, 0) is 14.4 Å². The first-order chi connectivity index (χ1) is 16.9. The molecule has 0 aliphatic heterocycles. The quantitative estimate of drug-likeness (QED) is 0.203. The molecule has 4 rings (SSSR count). The first-order valence-corrected chi connectivity index (χ1v) is 15.2. The third-order valence-electron chi connectivity index (χ3n) is 13.2. The van der Waals surface area contributed by atoms with E-state index in [1.54, 1.807) is 6.92 Å². The molecule has 9 atom stereocenters. The minimum absolute atomic E-state index is 0.00824. The van der Waals surface area contributed by atoms with Crippen LogP contribution in [0.1, 0.15) is 133 Å². The van der Waals surface area contributed by atoms with Crippen LogP contribution in [0.3, 0.4) is 0 Å². The average molecular weight is 521 g/mol. The summed E-state index contributed by atoms with van der Waals surface area (Å²) in [6, 6.07) is 0. The topological polar surface area (TPSA) is 76.0 Å². The van der Waals surface area contributed by atoms with Gasteiger partial charge in [-0.05, 0) is 131 Å². The van der Waals surface area contributed by atoms with Gasteiger partial charge in [0, 0.05) is 12.3 Å². The monoisotopic (exact) mass is 520 g/mol. The van der Waals surface area contributed by atoms with Crippen molar-refractivity contribution in [3.05, 3.63) is 0 Å². The maximum absolute atomic E-state index is 11.9. The summed E-state index contributed by atoms with van der Waals surface area (Å²) in [5.74, 6) is 1.97. The Morgan fingerprint density at radius 2 is 1.51 bits per heavy atom. The van der Waals surface area contributed by atoms with E-state index in [-0.39, 0.29) is 33.7 Å². The zero-order valence-corrected chi connectivity index (χ0v) is 25.3. The molecule has 4 aliphatic rings. The number of ether oxygens (including phenoxy) is 1. The number of fused-ring (bicyclic) bond motifs is 5. The summed E-state index contributed by atoms with van der Waals surface area (Å²) >= 11 is 0. The summed E-state index contributed by atoms with van der Waals surface area (Å²) in [6.45, 7) is 19.9. The summed E-state index contributed by atoms with van der Waals surface area (Å²) in [4.78, 5) is 16.5. The van der Waals surface area contributed by atoms with Crippen molar-refractivity contribution in [3.8, 4) is 0 Å². The fraction of sp³-hybridized carbons (Fsp3) is 0.969. The molecule has 0 aromatic heterocycles. The Morgan fingerprint density at radius 1 is 0.865 bits per heavy atom. The van der Waals surface area contributed by atoms with Crippen LogP contribution >= 0.6 is 0 Å². The van der Waals surface area contributed by atoms with E-state index in [9.17, 15) is 9.90 Å². The summed E-state index contributed by atoms with van der Waals surface area (Å²) in [6.07, 6.45) is 11.7. The van der Waals surface area contributed by atoms with Crippen LogP contribution in [0.5, 0.6) is 0 Å². The van der Waals surface area contributed by atoms with Gasteiger partial charge in [0.2, 0.25) is 0 Å². The molecule has 4 saturated carbocycles. The van der Waals surface area contributed by atoms with Gasteiger partial charge < -0.3 is 9.84 Å². The van der Waals surface area contributed by atoms with Crippen molar-refractivity contribution in [2.24, 2.45) is 45.3 Å². The molecule has 5 nitrogen and oxygen atoms in total. The molecule has 0 heterocycles. The Labute approximate surface area is 226 Å². The van der Waals surface area contributed by atoms with Gasteiger partial charge in [-0.1, -0.05) is 34.6 Å². The average Bonchev–Trinajstić information content (AvgIpc) is 3.14. The molecule has 0 saturated heterocycles. The number of hydrogen-bond donors (Lipinski definition) is 2. The number of carbonyl (C=O) groups excluding carboxylic acids is 1. The maximum atomic E-state index is 11.9. The second-order valence-corrected chi connectivity index (χ2v) is 15.8. The van der Waals surface area contributed by atoms with Gasteiger partial charge in [0.05, 0.1) is 11.2 Å². The highest BCUT2D eigenvalue weighted by molar-refractivity contribution is 5.66. The second-order valence-electron chi connectivity index (χ2n) is 15.8. The minimum atomic E-state index is -0.692. The molecule has 2 N–H and O–H groups in total. The molecule has 4 fully saturated rings. The van der Waals surface area contributed by atoms with Gasteiger partial charge in [-0.25, -0.2) is 4.89 Å². The molecule has 0 spiro atoms. The third-order valence-corrected chi connectivity index (χ3v) is 13.2. The van der Waals surface area contributed by atoms with Crippen LogP contribution in [-0.4, -0.2) is 33.6 Å². The van der Waals surface area contributed by atoms with Crippen molar-refractivity contribution in [2.75, 3.05) is 0 Å². The fourth-order valence-electron chi connectivity index (χ4n) is 11.0. The summed E-state index contributed by atoms with van der Waals surface area (Å²) in [5, 5.41) is 20.9. The SMILES string of the molecule is CC(=O)O[C@@H]1CC[C@]2(C)[C@H]3CC[C@@H]4[C@@H]([C@@](C)(O)CCCC(C)(C)OO)CC[C@@]4(C)[C@]3(C)CC[C@H]2C1(C)C. The van der Waals surface area contributed by atoms with Gasteiger partial charge in [0.25, 0.3) is 0 Å². The second kappa shape index (κ2) is 9.47. The van der Waals surface area contributed by atoms with E-state index < -0.39 is 11.2 Å². The maximum Gasteiger partial charge on any atom is 0.302 e. The Bertz CT molecular complexity index is 863. The number of esters is 1. The fourth-order valence-corrected chi connectivity index (χ4v) is 11.0. The molecular formula is C32H56O5. The third kappa shape index (κ3) is 4.61. The highest BCUT2D eigenvalue weighted by Gasteiger charge is 2.69. The lowest BCUT2D eigenvalue weighted by atomic mass is 9.35. The van der Waals surface area contributed by atoms with Crippen molar-refractivity contribution in [2.45, 2.75) is 150 Å². The Kier molecular flexibility index (Phi) is 7.51. The van der Waals surface area contributed by atoms with Gasteiger partial charge >= 0.3 is 5.97 Å². The highest BCUT2D eigenvalue weighted by atomic mass is 17.1. The highest BCUT2D eigenvalue weighted by Crippen LogP contribution is 2.76. The van der Waals surface area contributed by atoms with Gasteiger partial charge in [-0.15, -0.1) is 0 Å². The largest absolute Gasteiger partial charge is 0.462 e. The van der Waals surface area contributed by atoms with Gasteiger partial charge in [-0.3, -0.25) is 10.1 Å². The number of rotatable bonds is 7. The Hall–Kier alpha value is -0.650. The van der Waals surface area contributed by atoms with Crippen molar-refractivity contribution in [3.63, 3.8) is 0 Å². The zero-order chi connectivity index (χ0) is 27.7. The Morgan fingerprint density at radius 3 is 2.14 bits per heavy atom. The van der Waals surface area contributed by atoms with Crippen LogP contribution in [0.25, 0.3) is 0 Å². The van der Waals surface area contributed by atoms with Crippen molar-refractivity contribution >= 4 is 5.97 Å². The number of carbonyl (C=O) groups is 1. The van der Waals surface area contributed by atoms with E-state index in [1.807, 2.05) is 13.8 Å². The predicted octanol–water partition coefficient (Wildman–Crippen LogP) is 7.79. The summed E-state index contributed by atoms with van der Waals surface area (Å²) in [7, 11) is 0. The first kappa shape index (κ1) is 29.3. The lowest BCUT2D eigenvalue weighted by molar-refractivity contribution is -0.314. The van der Waals surface area contributed by atoms with Gasteiger partial charge in [0.1, 0.15) is 6.10 Å². The van der Waals surface area contributed by atoms with Crippen LogP contribution in [0, 0.1) is 45.3 Å². The molecule has 0 amide bonds. The van der Waals surface area contributed by atoms with E-state index in [2.05, 4.69) is 46.4 Å². The zero-order valence-electron chi connectivity index (χ0n) is 25.3. The van der Waals surface area contributed by atoms with E-state index >= 15 is 0 Å². The van der Waals surface area contributed by atoms with E-state index in [0.29, 0.717) is 23.7 Å². The van der Waals surface area contributed by atoms with Gasteiger partial charge in [0.15, 0.2) is 0 Å². The van der Waals surface area contributed by atoms with Crippen LogP contribution in [0.15, 0.2) is 0 Å². The van der Waals surface area contributed by atoms with Crippen molar-refractivity contribution in [1.29, 1.82) is 0 Å². The van der Waals surface area contributed by atoms with Crippen molar-refractivity contribution in [1.82, 2.24) is 0 Å². The van der Waals surface area contributed by atoms with Crippen LogP contribution in [0.4, 0.5) is 0 Å². The van der Waals surface area contributed by atoms with E-state index in [0.717, 1.165) is 38.5 Å². The Balaban J connectivity index is 1.55. The standard InChI is InChI=1S/C32H56O5/c1-21(33)36-26-15-18-29(6)24(28(26,4)5)14-20-31(8)25(29)12-11-22-23(13-19-30(22,31)7)32(9,34)17-10-16-27(2,3)37-35/h22-26,34-35H,10-20H2,1-9H3/t22-,23+,24+,25-,26-,29+,30-,31-,32+/m1/s1. The number of aliphatic hydroxyl groups is 1. The summed E-state index contributed by atoms with van der Waals surface area (Å²) in [5.41, 5.74) is -0.500. The molecular weight excluding hydrogens is 464 g/mol. The molecule has 4 aliphatic carbocycles. The minimum Gasteiger partial charge on any atom is -0.462 e. The molecule has 0 radical (unpaired) electrons. The molecule has 214 valence electrons. The predicted molar refractivity (Wildman–Crippen MR) is 147 cm³/mol. The normalized spacial score (nSPS) is 44.8. The molecule has 0 bridgehead atoms. The summed E-state index contributed by atoms with van der Waals surface area (Å²) < 4.78 is 5.87. The first-order valence-electron chi connectivity index (χ1n) is 15.2. The van der Waals surface area contributed by atoms with E-state index in [1.165, 1.54) is 32.1 Å². The van der Waals surface area contributed by atoms with Crippen LogP contribution < -0.4 is 0 Å². The molecule has 37 heavy (non-hydrogen) atoms. The van der Waals surface area contributed by atoms with Gasteiger partial charge in [-0.2, -0.15) is 0 Å². The smallest absolute Gasteiger partial charge is 0.302 e. The molecule has 0 aromatic rings. The molecule has 0 aromatic carbocycles. The number of hydrogen-bond acceptors (Lipinski definition) is 5. The van der Waals surface area contributed by atoms with Crippen LogP contribution in [0.2, 0.25) is 0 Å². The van der Waals surface area contributed by atoms with E-state index in [4.69, 9.17) is 9.99 Å². The molecule has 0 unspecified atom stereocenters. The molecule has 5 heteroatoms. The lowest BCUT2D eigenvalue weighted by Crippen LogP contribution is -2.64.